The lowest BCUT2D eigenvalue weighted by molar-refractivity contribution is 0.198. The SMILES string of the molecule is CON1/C(=N/Cc2cccc(Cl)c2)C2(CCCCC2)Nc2cc(N(C)C)ncc21. The molecule has 6 nitrogen and oxygen atoms in total. The summed E-state index contributed by atoms with van der Waals surface area (Å²) in [4.78, 5) is 17.5. The molecular weight excluding hydrogens is 386 g/mol. The van der Waals surface area contributed by atoms with E-state index in [1.54, 1.807) is 7.11 Å². The van der Waals surface area contributed by atoms with Crippen LogP contribution in [0.4, 0.5) is 17.2 Å². The molecule has 2 aromatic rings. The molecule has 1 aromatic heterocycles. The van der Waals surface area contributed by atoms with Gasteiger partial charge in [0.2, 0.25) is 0 Å². The van der Waals surface area contributed by atoms with Crippen LogP contribution in [0, 0.1) is 0 Å². The van der Waals surface area contributed by atoms with Gasteiger partial charge in [0.25, 0.3) is 0 Å². The lowest BCUT2D eigenvalue weighted by Crippen LogP contribution is -2.58. The van der Waals surface area contributed by atoms with Crippen LogP contribution >= 0.6 is 11.6 Å². The number of amidine groups is 1. The molecule has 7 heteroatoms. The standard InChI is InChI=1S/C22H28ClN5O/c1-27(2)20-13-18-19(15-24-20)28(29-3)21(22(26-18)10-5-4-6-11-22)25-14-16-8-7-9-17(23)12-16/h7-9,12-13,15,26H,4-6,10-11,14H2,1-3H3/b25-21+. The van der Waals surface area contributed by atoms with E-state index in [1.165, 1.54) is 19.3 Å². The molecule has 1 aliphatic carbocycles. The van der Waals surface area contributed by atoms with Gasteiger partial charge in [-0.15, -0.1) is 0 Å². The minimum absolute atomic E-state index is 0.231. The van der Waals surface area contributed by atoms with Gasteiger partial charge in [-0.05, 0) is 30.5 Å². The lowest BCUT2D eigenvalue weighted by atomic mass is 9.79. The van der Waals surface area contributed by atoms with Crippen molar-refractivity contribution in [3.8, 4) is 0 Å². The molecule has 1 saturated carbocycles. The first kappa shape index (κ1) is 20.0. The molecule has 0 atom stereocenters. The van der Waals surface area contributed by atoms with Gasteiger partial charge in [-0.2, -0.15) is 0 Å². The Hall–Kier alpha value is -2.31. The highest BCUT2D eigenvalue weighted by Gasteiger charge is 2.45. The maximum absolute atomic E-state index is 6.16. The van der Waals surface area contributed by atoms with Gasteiger partial charge in [0.1, 0.15) is 11.5 Å². The van der Waals surface area contributed by atoms with E-state index in [1.807, 2.05) is 48.5 Å². The average molecular weight is 414 g/mol. The van der Waals surface area contributed by atoms with Crippen molar-refractivity contribution in [2.24, 2.45) is 4.99 Å². The first-order valence-electron chi connectivity index (χ1n) is 10.1. The van der Waals surface area contributed by atoms with Gasteiger partial charge in [-0.25, -0.2) is 10.0 Å². The molecule has 1 spiro atoms. The summed E-state index contributed by atoms with van der Waals surface area (Å²) in [6, 6.07) is 9.95. The fourth-order valence-electron chi connectivity index (χ4n) is 4.27. The van der Waals surface area contributed by atoms with Crippen LogP contribution in [-0.4, -0.2) is 37.6 Å². The molecule has 0 radical (unpaired) electrons. The van der Waals surface area contributed by atoms with Crippen LogP contribution < -0.4 is 15.3 Å². The van der Waals surface area contributed by atoms with Crippen LogP contribution in [0.15, 0.2) is 41.5 Å². The van der Waals surface area contributed by atoms with Crippen LogP contribution in [-0.2, 0) is 11.4 Å². The first-order chi connectivity index (χ1) is 14.0. The van der Waals surface area contributed by atoms with E-state index < -0.39 is 0 Å². The smallest absolute Gasteiger partial charge is 0.156 e. The summed E-state index contributed by atoms with van der Waals surface area (Å²) in [6.07, 6.45) is 7.50. The number of pyridine rings is 1. The summed E-state index contributed by atoms with van der Waals surface area (Å²) >= 11 is 6.16. The second-order valence-electron chi connectivity index (χ2n) is 7.97. The van der Waals surface area contributed by atoms with Crippen molar-refractivity contribution in [2.75, 3.05) is 36.5 Å². The number of aliphatic imine (C=N–C) groups is 1. The van der Waals surface area contributed by atoms with E-state index in [-0.39, 0.29) is 5.54 Å². The summed E-state index contributed by atoms with van der Waals surface area (Å²) in [5.74, 6) is 1.84. The van der Waals surface area contributed by atoms with Crippen molar-refractivity contribution in [1.82, 2.24) is 4.98 Å². The average Bonchev–Trinajstić information content (AvgIpc) is 2.72. The van der Waals surface area contributed by atoms with Crippen molar-refractivity contribution >= 4 is 34.6 Å². The van der Waals surface area contributed by atoms with Crippen molar-refractivity contribution in [3.63, 3.8) is 0 Å². The van der Waals surface area contributed by atoms with E-state index in [0.717, 1.165) is 46.5 Å². The number of nitrogens with zero attached hydrogens (tertiary/aromatic N) is 4. The second kappa shape index (κ2) is 8.20. The Morgan fingerprint density at radius 2 is 2.03 bits per heavy atom. The van der Waals surface area contributed by atoms with Crippen LogP contribution in [0.3, 0.4) is 0 Å². The predicted octanol–water partition coefficient (Wildman–Crippen LogP) is 4.90. The third kappa shape index (κ3) is 3.91. The fourth-order valence-corrected chi connectivity index (χ4v) is 4.48. The van der Waals surface area contributed by atoms with Crippen LogP contribution in [0.5, 0.6) is 0 Å². The minimum Gasteiger partial charge on any atom is -0.371 e. The Labute approximate surface area is 177 Å². The summed E-state index contributed by atoms with van der Waals surface area (Å²) in [5, 5.41) is 6.41. The van der Waals surface area contributed by atoms with Gasteiger partial charge in [0, 0.05) is 25.2 Å². The number of rotatable bonds is 4. The molecule has 1 N–H and O–H groups in total. The third-order valence-electron chi connectivity index (χ3n) is 5.73. The zero-order valence-electron chi connectivity index (χ0n) is 17.3. The largest absolute Gasteiger partial charge is 0.371 e. The molecule has 4 rings (SSSR count). The van der Waals surface area contributed by atoms with E-state index in [2.05, 4.69) is 22.4 Å². The molecule has 0 amide bonds. The summed E-state index contributed by atoms with van der Waals surface area (Å²) < 4.78 is 0. The number of benzene rings is 1. The number of anilines is 3. The summed E-state index contributed by atoms with van der Waals surface area (Å²) in [5.41, 5.74) is 2.78. The molecule has 1 aromatic carbocycles. The van der Waals surface area contributed by atoms with Crippen molar-refractivity contribution in [1.29, 1.82) is 0 Å². The van der Waals surface area contributed by atoms with E-state index in [4.69, 9.17) is 21.4 Å². The first-order valence-corrected chi connectivity index (χ1v) is 10.5. The topological polar surface area (TPSA) is 53.0 Å². The van der Waals surface area contributed by atoms with Gasteiger partial charge >= 0.3 is 0 Å². The molecule has 0 bridgehead atoms. The quantitative estimate of drug-likeness (QED) is 0.772. The van der Waals surface area contributed by atoms with Gasteiger partial charge < -0.3 is 10.2 Å². The Kier molecular flexibility index (Phi) is 5.65. The van der Waals surface area contributed by atoms with Gasteiger partial charge in [0.05, 0.1) is 31.1 Å². The molecule has 154 valence electrons. The number of hydroxylamine groups is 1. The zero-order chi connectivity index (χ0) is 20.4. The Morgan fingerprint density at radius 3 is 2.72 bits per heavy atom. The van der Waals surface area contributed by atoms with Crippen LogP contribution in [0.1, 0.15) is 37.7 Å². The van der Waals surface area contributed by atoms with Crippen molar-refractivity contribution < 1.29 is 4.84 Å². The number of hydrogen-bond acceptors (Lipinski definition) is 5. The molecule has 2 heterocycles. The molecular formula is C22H28ClN5O. The van der Waals surface area contributed by atoms with Crippen molar-refractivity contribution in [2.45, 2.75) is 44.2 Å². The maximum atomic E-state index is 6.16. The highest BCUT2D eigenvalue weighted by atomic mass is 35.5. The number of fused-ring (bicyclic) bond motifs is 1. The highest BCUT2D eigenvalue weighted by molar-refractivity contribution is 6.30. The third-order valence-corrected chi connectivity index (χ3v) is 5.97. The molecule has 1 aliphatic heterocycles. The molecule has 0 saturated heterocycles. The highest BCUT2D eigenvalue weighted by Crippen LogP contribution is 2.43. The zero-order valence-corrected chi connectivity index (χ0v) is 18.0. The molecule has 0 unspecified atom stereocenters. The van der Waals surface area contributed by atoms with Gasteiger partial charge in [-0.3, -0.25) is 9.83 Å². The Balaban J connectivity index is 1.77. The molecule has 29 heavy (non-hydrogen) atoms. The number of aromatic nitrogens is 1. The maximum Gasteiger partial charge on any atom is 0.156 e. The van der Waals surface area contributed by atoms with Crippen LogP contribution in [0.2, 0.25) is 5.02 Å². The summed E-state index contributed by atoms with van der Waals surface area (Å²) in [7, 11) is 5.69. The molecule has 1 fully saturated rings. The Morgan fingerprint density at radius 1 is 1.24 bits per heavy atom. The number of halogens is 1. The van der Waals surface area contributed by atoms with Crippen LogP contribution in [0.25, 0.3) is 0 Å². The normalized spacial score (nSPS) is 19.2. The molecule has 2 aliphatic rings. The minimum atomic E-state index is -0.231. The van der Waals surface area contributed by atoms with E-state index in [0.29, 0.717) is 6.54 Å². The monoisotopic (exact) mass is 413 g/mol. The fraction of sp³-hybridized carbons (Fsp3) is 0.455. The van der Waals surface area contributed by atoms with Gasteiger partial charge in [-0.1, -0.05) is 43.0 Å². The van der Waals surface area contributed by atoms with E-state index >= 15 is 0 Å². The number of nitrogens with one attached hydrogen (secondary N) is 1. The van der Waals surface area contributed by atoms with Crippen molar-refractivity contribution in [3.05, 3.63) is 47.1 Å². The summed E-state index contributed by atoms with van der Waals surface area (Å²) in [6.45, 7) is 0.553. The van der Waals surface area contributed by atoms with E-state index in [9.17, 15) is 0 Å². The lowest BCUT2D eigenvalue weighted by Gasteiger charge is -2.47. The predicted molar refractivity (Wildman–Crippen MR) is 120 cm³/mol. The number of hydrogen-bond donors (Lipinski definition) is 1. The Bertz CT molecular complexity index is 908. The second-order valence-corrected chi connectivity index (χ2v) is 8.40. The van der Waals surface area contributed by atoms with Gasteiger partial charge in [0.15, 0.2) is 5.84 Å².